The van der Waals surface area contributed by atoms with E-state index in [2.05, 4.69) is 24.4 Å². The van der Waals surface area contributed by atoms with E-state index in [1.165, 1.54) is 6.20 Å². The number of nitrogens with one attached hydrogen (secondary N) is 2. The molecule has 3 aromatic rings. The van der Waals surface area contributed by atoms with Gasteiger partial charge in [-0.1, -0.05) is 11.6 Å². The number of hydrogen-bond donors (Lipinski definition) is 2. The van der Waals surface area contributed by atoms with Crippen molar-refractivity contribution in [3.8, 4) is 0 Å². The fourth-order valence-corrected chi connectivity index (χ4v) is 2.66. The minimum atomic E-state index is -0.310. The molecule has 0 aliphatic carbocycles. The van der Waals surface area contributed by atoms with Crippen LogP contribution >= 0.6 is 23.3 Å². The van der Waals surface area contributed by atoms with Crippen molar-refractivity contribution in [2.24, 2.45) is 0 Å². The zero-order valence-electron chi connectivity index (χ0n) is 10.9. The molecule has 0 unspecified atom stereocenters. The highest BCUT2D eigenvalue weighted by atomic mass is 35.5. The number of carbonyl (C=O) groups excluding carboxylic acids is 1. The Labute approximate surface area is 129 Å². The lowest BCUT2D eigenvalue weighted by Gasteiger charge is -2.10. The van der Waals surface area contributed by atoms with E-state index < -0.39 is 0 Å². The maximum absolute atomic E-state index is 12.4. The van der Waals surface area contributed by atoms with Gasteiger partial charge in [-0.25, -0.2) is 0 Å². The first-order chi connectivity index (χ1) is 10.2. The van der Waals surface area contributed by atoms with Crippen molar-refractivity contribution in [2.75, 3.05) is 17.7 Å². The number of halogens is 1. The largest absolute Gasteiger partial charge is 0.387 e. The van der Waals surface area contributed by atoms with E-state index in [0.717, 1.165) is 11.7 Å². The quantitative estimate of drug-likeness (QED) is 0.775. The van der Waals surface area contributed by atoms with Gasteiger partial charge in [-0.3, -0.25) is 9.78 Å². The van der Waals surface area contributed by atoms with Gasteiger partial charge in [0.2, 0.25) is 0 Å². The summed E-state index contributed by atoms with van der Waals surface area (Å²) in [5, 5.41) is 6.15. The van der Waals surface area contributed by atoms with Crippen LogP contribution < -0.4 is 10.6 Å². The van der Waals surface area contributed by atoms with Gasteiger partial charge in [-0.05, 0) is 18.2 Å². The minimum Gasteiger partial charge on any atom is -0.387 e. The van der Waals surface area contributed by atoms with Crippen LogP contribution in [0.4, 0.5) is 11.4 Å². The molecule has 1 aromatic carbocycles. The molecule has 2 aromatic heterocycles. The molecule has 0 aliphatic heterocycles. The molecule has 106 valence electrons. The summed E-state index contributed by atoms with van der Waals surface area (Å²) in [7, 11) is 1.74. The number of anilines is 2. The third-order valence-corrected chi connectivity index (χ3v) is 3.81. The molecule has 2 N–H and O–H groups in total. The second kappa shape index (κ2) is 5.63. The number of pyridine rings is 1. The highest BCUT2D eigenvalue weighted by molar-refractivity contribution is 7.00. The van der Waals surface area contributed by atoms with Crippen LogP contribution in [0.5, 0.6) is 0 Å². The van der Waals surface area contributed by atoms with Gasteiger partial charge in [0, 0.05) is 25.1 Å². The fraction of sp³-hybridized carbons (Fsp3) is 0.0769. The molecular weight excluding hydrogens is 310 g/mol. The second-order valence-corrected chi connectivity index (χ2v) is 5.12. The summed E-state index contributed by atoms with van der Waals surface area (Å²) < 4.78 is 8.30. The van der Waals surface area contributed by atoms with Crippen molar-refractivity contribution in [3.63, 3.8) is 0 Å². The smallest absolute Gasteiger partial charge is 0.259 e. The number of fused-ring (bicyclic) bond motifs is 1. The van der Waals surface area contributed by atoms with E-state index in [4.69, 9.17) is 11.6 Å². The number of benzene rings is 1. The lowest BCUT2D eigenvalue weighted by atomic mass is 10.2. The summed E-state index contributed by atoms with van der Waals surface area (Å²) in [6.45, 7) is 0. The molecule has 0 radical (unpaired) electrons. The van der Waals surface area contributed by atoms with E-state index >= 15 is 0 Å². The molecule has 1 amide bonds. The predicted octanol–water partition coefficient (Wildman–Crippen LogP) is 3.03. The van der Waals surface area contributed by atoms with Crippen molar-refractivity contribution in [1.29, 1.82) is 0 Å². The standard InChI is InChI=1S/C13H10ClN5OS/c1-15-9-4-5-16-6-7(9)13(20)17-11-8(14)2-3-10-12(11)19-21-18-10/h2-6H,1H3,(H,15,16)(H,17,20). The Morgan fingerprint density at radius 3 is 2.95 bits per heavy atom. The third kappa shape index (κ3) is 2.53. The summed E-state index contributed by atoms with van der Waals surface area (Å²) in [6, 6.07) is 5.17. The third-order valence-electron chi connectivity index (χ3n) is 2.95. The van der Waals surface area contributed by atoms with Gasteiger partial charge in [-0.2, -0.15) is 8.75 Å². The molecule has 2 heterocycles. The van der Waals surface area contributed by atoms with Gasteiger partial charge in [0.25, 0.3) is 5.91 Å². The molecular formula is C13H10ClN5OS. The fourth-order valence-electron chi connectivity index (χ4n) is 1.92. The van der Waals surface area contributed by atoms with Crippen molar-refractivity contribution < 1.29 is 4.79 Å². The normalized spacial score (nSPS) is 10.6. The molecule has 0 bridgehead atoms. The van der Waals surface area contributed by atoms with Crippen molar-refractivity contribution in [1.82, 2.24) is 13.7 Å². The van der Waals surface area contributed by atoms with E-state index in [9.17, 15) is 4.79 Å². The molecule has 8 heteroatoms. The van der Waals surface area contributed by atoms with E-state index in [1.807, 2.05) is 0 Å². The van der Waals surface area contributed by atoms with Crippen LogP contribution in [0.15, 0.2) is 30.6 Å². The highest BCUT2D eigenvalue weighted by Crippen LogP contribution is 2.30. The Hall–Kier alpha value is -2.25. The van der Waals surface area contributed by atoms with Crippen molar-refractivity contribution in [3.05, 3.63) is 41.2 Å². The Balaban J connectivity index is 2.00. The maximum Gasteiger partial charge on any atom is 0.259 e. The van der Waals surface area contributed by atoms with Gasteiger partial charge >= 0.3 is 0 Å². The highest BCUT2D eigenvalue weighted by Gasteiger charge is 2.16. The average Bonchev–Trinajstić information content (AvgIpc) is 2.98. The molecule has 0 saturated carbocycles. The van der Waals surface area contributed by atoms with Gasteiger partial charge in [0.15, 0.2) is 0 Å². The Bertz CT molecular complexity index is 819. The summed E-state index contributed by atoms with van der Waals surface area (Å²) in [6.07, 6.45) is 3.11. The summed E-state index contributed by atoms with van der Waals surface area (Å²) in [5.41, 5.74) is 2.84. The lowest BCUT2D eigenvalue weighted by Crippen LogP contribution is -2.15. The van der Waals surface area contributed by atoms with Crippen LogP contribution in [0.2, 0.25) is 5.02 Å². The van der Waals surface area contributed by atoms with Gasteiger partial charge < -0.3 is 10.6 Å². The maximum atomic E-state index is 12.4. The number of hydrogen-bond acceptors (Lipinski definition) is 6. The Morgan fingerprint density at radius 2 is 2.14 bits per heavy atom. The number of rotatable bonds is 3. The molecule has 0 fully saturated rings. The van der Waals surface area contributed by atoms with Crippen LogP contribution in [0.1, 0.15) is 10.4 Å². The van der Waals surface area contributed by atoms with Crippen molar-refractivity contribution >= 4 is 51.6 Å². The molecule has 6 nitrogen and oxygen atoms in total. The average molecular weight is 320 g/mol. The minimum absolute atomic E-state index is 0.310. The van der Waals surface area contributed by atoms with Crippen LogP contribution in [0, 0.1) is 0 Å². The monoisotopic (exact) mass is 319 g/mol. The molecule has 21 heavy (non-hydrogen) atoms. The van der Waals surface area contributed by atoms with Gasteiger partial charge in [0.1, 0.15) is 11.0 Å². The van der Waals surface area contributed by atoms with Crippen LogP contribution in [0.25, 0.3) is 11.0 Å². The molecule has 0 atom stereocenters. The molecule has 0 spiro atoms. The molecule has 0 aliphatic rings. The second-order valence-electron chi connectivity index (χ2n) is 4.18. The van der Waals surface area contributed by atoms with Crippen LogP contribution in [-0.2, 0) is 0 Å². The van der Waals surface area contributed by atoms with E-state index in [0.29, 0.717) is 33.0 Å². The number of carbonyl (C=O) groups is 1. The van der Waals surface area contributed by atoms with Gasteiger partial charge in [0.05, 0.1) is 28.0 Å². The first-order valence-corrected chi connectivity index (χ1v) is 7.15. The molecule has 0 saturated heterocycles. The zero-order chi connectivity index (χ0) is 14.8. The Kier molecular flexibility index (Phi) is 3.68. The Morgan fingerprint density at radius 1 is 1.29 bits per heavy atom. The van der Waals surface area contributed by atoms with Crippen LogP contribution in [0.3, 0.4) is 0 Å². The topological polar surface area (TPSA) is 79.8 Å². The van der Waals surface area contributed by atoms with Gasteiger partial charge in [-0.15, -0.1) is 0 Å². The number of amides is 1. The summed E-state index contributed by atoms with van der Waals surface area (Å²) >= 11 is 7.23. The van der Waals surface area contributed by atoms with Crippen LogP contribution in [-0.4, -0.2) is 26.7 Å². The van der Waals surface area contributed by atoms with E-state index in [1.54, 1.807) is 31.4 Å². The summed E-state index contributed by atoms with van der Waals surface area (Å²) in [5.74, 6) is -0.310. The first kappa shape index (κ1) is 13.7. The first-order valence-electron chi connectivity index (χ1n) is 6.04. The number of aromatic nitrogens is 3. The lowest BCUT2D eigenvalue weighted by molar-refractivity contribution is 0.102. The van der Waals surface area contributed by atoms with E-state index in [-0.39, 0.29) is 5.91 Å². The summed E-state index contributed by atoms with van der Waals surface area (Å²) in [4.78, 5) is 16.4. The zero-order valence-corrected chi connectivity index (χ0v) is 12.5. The predicted molar refractivity (Wildman–Crippen MR) is 84.2 cm³/mol. The number of nitrogens with zero attached hydrogens (tertiary/aromatic N) is 3. The van der Waals surface area contributed by atoms with Crippen molar-refractivity contribution in [2.45, 2.75) is 0 Å². The SMILES string of the molecule is CNc1ccncc1C(=O)Nc1c(Cl)ccc2nsnc12. The molecule has 3 rings (SSSR count).